The molecule has 1 saturated heterocycles. The topological polar surface area (TPSA) is 70.2 Å². The molecule has 1 aromatic heterocycles. The van der Waals surface area contributed by atoms with Gasteiger partial charge in [0.25, 0.3) is 0 Å². The smallest absolute Gasteiger partial charge is 0.220 e. The summed E-state index contributed by atoms with van der Waals surface area (Å²) in [5.74, 6) is 2.78. The van der Waals surface area contributed by atoms with Crippen molar-refractivity contribution in [3.8, 4) is 0 Å². The Hall–Kier alpha value is -1.85. The number of hydrogen-bond acceptors (Lipinski definition) is 5. The number of hydrogen-bond donors (Lipinski definition) is 2. The van der Waals surface area contributed by atoms with Crippen molar-refractivity contribution in [2.75, 3.05) is 23.3 Å². The molecule has 3 aliphatic rings. The van der Waals surface area contributed by atoms with Crippen LogP contribution in [0.4, 0.5) is 11.6 Å². The normalized spacial score (nSPS) is 23.8. The van der Waals surface area contributed by atoms with Crippen molar-refractivity contribution >= 4 is 17.5 Å². The second kappa shape index (κ2) is 8.23. The lowest BCUT2D eigenvalue weighted by molar-refractivity contribution is -0.122. The Bertz CT molecular complexity index is 612. The van der Waals surface area contributed by atoms with E-state index in [1.54, 1.807) is 6.33 Å². The minimum absolute atomic E-state index is 0.243. The average molecular weight is 358 g/mol. The van der Waals surface area contributed by atoms with E-state index in [2.05, 4.69) is 31.6 Å². The summed E-state index contributed by atoms with van der Waals surface area (Å²) < 4.78 is 0. The molecule has 2 aliphatic carbocycles. The number of rotatable bonds is 7. The van der Waals surface area contributed by atoms with Crippen LogP contribution in [0.15, 0.2) is 12.4 Å². The van der Waals surface area contributed by atoms with Crippen molar-refractivity contribution < 1.29 is 4.79 Å². The van der Waals surface area contributed by atoms with Gasteiger partial charge in [0, 0.05) is 37.7 Å². The minimum Gasteiger partial charge on any atom is -0.367 e. The number of carbonyl (C=O) groups excluding carboxylic acids is 1. The van der Waals surface area contributed by atoms with E-state index in [0.717, 1.165) is 44.0 Å². The highest BCUT2D eigenvalue weighted by molar-refractivity contribution is 5.76. The first kappa shape index (κ1) is 17.6. The van der Waals surface area contributed by atoms with Gasteiger partial charge in [-0.2, -0.15) is 0 Å². The van der Waals surface area contributed by atoms with Crippen molar-refractivity contribution in [1.29, 1.82) is 0 Å². The number of nitrogens with one attached hydrogen (secondary N) is 2. The van der Waals surface area contributed by atoms with Crippen LogP contribution in [0.3, 0.4) is 0 Å². The number of nitrogens with zero attached hydrogens (tertiary/aromatic N) is 3. The number of aromatic nitrogens is 2. The van der Waals surface area contributed by atoms with E-state index >= 15 is 0 Å². The van der Waals surface area contributed by atoms with E-state index in [4.69, 9.17) is 0 Å². The quantitative estimate of drug-likeness (QED) is 0.785. The maximum absolute atomic E-state index is 12.2. The lowest BCUT2D eigenvalue weighted by Gasteiger charge is -2.33. The first-order valence-electron chi connectivity index (χ1n) is 10.4. The molecule has 1 aliphatic heterocycles. The molecule has 2 saturated carbocycles. The molecule has 6 heteroatoms. The summed E-state index contributed by atoms with van der Waals surface area (Å²) in [6.07, 6.45) is 13.0. The molecule has 26 heavy (non-hydrogen) atoms. The molecule has 0 spiro atoms. The monoisotopic (exact) mass is 357 g/mol. The number of amides is 1. The highest BCUT2D eigenvalue weighted by Crippen LogP contribution is 2.28. The van der Waals surface area contributed by atoms with Gasteiger partial charge < -0.3 is 15.5 Å². The molecule has 6 nitrogen and oxygen atoms in total. The van der Waals surface area contributed by atoms with Gasteiger partial charge in [-0.1, -0.05) is 12.8 Å². The van der Waals surface area contributed by atoms with Crippen molar-refractivity contribution in [2.24, 2.45) is 5.92 Å². The van der Waals surface area contributed by atoms with Gasteiger partial charge in [-0.05, 0) is 50.9 Å². The molecular formula is C20H31N5O. The molecule has 142 valence electrons. The summed E-state index contributed by atoms with van der Waals surface area (Å²) in [5, 5.41) is 6.66. The largest absolute Gasteiger partial charge is 0.367 e. The van der Waals surface area contributed by atoms with Gasteiger partial charge in [-0.15, -0.1) is 0 Å². The van der Waals surface area contributed by atoms with Crippen LogP contribution in [0.25, 0.3) is 0 Å². The van der Waals surface area contributed by atoms with Crippen LogP contribution in [-0.4, -0.2) is 41.0 Å². The molecule has 0 radical (unpaired) electrons. The Kier molecular flexibility index (Phi) is 5.56. The highest BCUT2D eigenvalue weighted by atomic mass is 16.1. The summed E-state index contributed by atoms with van der Waals surface area (Å²) in [5.41, 5.74) is 0. The summed E-state index contributed by atoms with van der Waals surface area (Å²) >= 11 is 0. The summed E-state index contributed by atoms with van der Waals surface area (Å²) in [6, 6.07) is 3.11. The zero-order valence-electron chi connectivity index (χ0n) is 15.6. The first-order chi connectivity index (χ1) is 12.8. The van der Waals surface area contributed by atoms with Crippen molar-refractivity contribution in [3.63, 3.8) is 0 Å². The van der Waals surface area contributed by atoms with E-state index in [1.165, 1.54) is 38.5 Å². The third-order valence-electron chi connectivity index (χ3n) is 5.92. The second-order valence-electron chi connectivity index (χ2n) is 8.22. The van der Waals surface area contributed by atoms with Gasteiger partial charge in [0.2, 0.25) is 5.91 Å². The molecule has 4 rings (SSSR count). The van der Waals surface area contributed by atoms with Gasteiger partial charge in [0.1, 0.15) is 18.0 Å². The van der Waals surface area contributed by atoms with Gasteiger partial charge in [0.05, 0.1) is 0 Å². The zero-order chi connectivity index (χ0) is 17.8. The van der Waals surface area contributed by atoms with Crippen LogP contribution < -0.4 is 15.5 Å². The van der Waals surface area contributed by atoms with Crippen LogP contribution >= 0.6 is 0 Å². The number of piperidine rings is 1. The average Bonchev–Trinajstić information content (AvgIpc) is 3.33. The molecule has 0 bridgehead atoms. The second-order valence-corrected chi connectivity index (χ2v) is 8.22. The molecule has 1 amide bonds. The Balaban J connectivity index is 1.26. The number of carbonyl (C=O) groups is 1. The van der Waals surface area contributed by atoms with E-state index in [9.17, 15) is 4.79 Å². The van der Waals surface area contributed by atoms with Crippen LogP contribution in [-0.2, 0) is 4.79 Å². The van der Waals surface area contributed by atoms with Gasteiger partial charge in [0.15, 0.2) is 0 Å². The lowest BCUT2D eigenvalue weighted by atomic mass is 9.93. The fourth-order valence-electron chi connectivity index (χ4n) is 4.25. The van der Waals surface area contributed by atoms with E-state index in [-0.39, 0.29) is 5.91 Å². The fraction of sp³-hybridized carbons (Fsp3) is 0.750. The van der Waals surface area contributed by atoms with Gasteiger partial charge in [-0.3, -0.25) is 4.79 Å². The van der Waals surface area contributed by atoms with Crippen molar-refractivity contribution in [2.45, 2.75) is 76.3 Å². The van der Waals surface area contributed by atoms with E-state index in [1.807, 2.05) is 0 Å². The van der Waals surface area contributed by atoms with Crippen molar-refractivity contribution in [1.82, 2.24) is 15.3 Å². The Labute approximate surface area is 156 Å². The standard InChI is InChI=1S/C20H31N5O/c26-20(24-16-5-1-2-6-16)10-7-15-4-3-11-25(13-15)19-12-18(21-14-22-19)23-17-8-9-17/h12,14-17H,1-11,13H2,(H,24,26)(H,21,22,23). The molecular weight excluding hydrogens is 326 g/mol. The zero-order valence-corrected chi connectivity index (χ0v) is 15.6. The maximum Gasteiger partial charge on any atom is 0.220 e. The summed E-state index contributed by atoms with van der Waals surface area (Å²) in [7, 11) is 0. The molecule has 1 atom stereocenters. The van der Waals surface area contributed by atoms with Gasteiger partial charge >= 0.3 is 0 Å². The third-order valence-corrected chi connectivity index (χ3v) is 5.92. The minimum atomic E-state index is 0.243. The Morgan fingerprint density at radius 3 is 2.73 bits per heavy atom. The van der Waals surface area contributed by atoms with Crippen LogP contribution in [0.5, 0.6) is 0 Å². The SMILES string of the molecule is O=C(CCC1CCCN(c2cc(NC3CC3)ncn2)C1)NC1CCCC1. The predicted molar refractivity (Wildman–Crippen MR) is 103 cm³/mol. The molecule has 0 aromatic carbocycles. The maximum atomic E-state index is 12.2. The van der Waals surface area contributed by atoms with Crippen molar-refractivity contribution in [3.05, 3.63) is 12.4 Å². The Morgan fingerprint density at radius 2 is 1.92 bits per heavy atom. The predicted octanol–water partition coefficient (Wildman–Crippen LogP) is 3.11. The lowest BCUT2D eigenvalue weighted by Crippen LogP contribution is -2.37. The number of anilines is 2. The highest BCUT2D eigenvalue weighted by Gasteiger charge is 2.24. The van der Waals surface area contributed by atoms with Crippen LogP contribution in [0, 0.1) is 5.92 Å². The van der Waals surface area contributed by atoms with E-state index < -0.39 is 0 Å². The van der Waals surface area contributed by atoms with Crippen LogP contribution in [0.2, 0.25) is 0 Å². The summed E-state index contributed by atoms with van der Waals surface area (Å²) in [4.78, 5) is 23.4. The van der Waals surface area contributed by atoms with E-state index in [0.29, 0.717) is 24.4 Å². The molecule has 3 fully saturated rings. The third kappa shape index (κ3) is 4.86. The first-order valence-corrected chi connectivity index (χ1v) is 10.4. The Morgan fingerprint density at radius 1 is 1.08 bits per heavy atom. The van der Waals surface area contributed by atoms with Crippen LogP contribution in [0.1, 0.15) is 64.2 Å². The van der Waals surface area contributed by atoms with Gasteiger partial charge in [-0.25, -0.2) is 9.97 Å². The molecule has 2 heterocycles. The summed E-state index contributed by atoms with van der Waals surface area (Å²) in [6.45, 7) is 2.04. The molecule has 1 unspecified atom stereocenters. The fourth-order valence-corrected chi connectivity index (χ4v) is 4.25. The molecule has 2 N–H and O–H groups in total. The molecule has 1 aromatic rings.